The van der Waals surface area contributed by atoms with Gasteiger partial charge >= 0.3 is 0 Å². The number of anilines is 1. The molecule has 0 bridgehead atoms. The summed E-state index contributed by atoms with van der Waals surface area (Å²) in [6.45, 7) is 8.55. The van der Waals surface area contributed by atoms with Crippen LogP contribution in [0.15, 0.2) is 47.4 Å². The summed E-state index contributed by atoms with van der Waals surface area (Å²) in [5.74, 6) is -0.300. The minimum absolute atomic E-state index is 0.0161. The molecule has 2 aromatic carbocycles. The molecule has 1 atom stereocenters. The molecular weight excluding hydrogens is 396 g/mol. The van der Waals surface area contributed by atoms with Crippen molar-refractivity contribution in [1.82, 2.24) is 5.32 Å². The van der Waals surface area contributed by atoms with Gasteiger partial charge in [0.25, 0.3) is 0 Å². The number of nitrogens with one attached hydrogen (secondary N) is 2. The van der Waals surface area contributed by atoms with Crippen LogP contribution in [0.5, 0.6) is 0 Å². The van der Waals surface area contributed by atoms with E-state index in [0.29, 0.717) is 0 Å². The molecule has 1 amide bonds. The third kappa shape index (κ3) is 6.06. The summed E-state index contributed by atoms with van der Waals surface area (Å²) >= 11 is 6.07. The molecule has 5 nitrogen and oxygen atoms in total. The van der Waals surface area contributed by atoms with E-state index in [1.807, 2.05) is 6.92 Å². The number of amides is 1. The Balaban J connectivity index is 1.99. The average molecular weight is 423 g/mol. The first kappa shape index (κ1) is 22.4. The quantitative estimate of drug-likeness (QED) is 0.726. The molecule has 7 heteroatoms. The van der Waals surface area contributed by atoms with E-state index < -0.39 is 9.84 Å². The Hall–Kier alpha value is -1.89. The van der Waals surface area contributed by atoms with E-state index in [9.17, 15) is 13.2 Å². The van der Waals surface area contributed by atoms with Gasteiger partial charge in [-0.25, -0.2) is 8.42 Å². The van der Waals surface area contributed by atoms with Crippen molar-refractivity contribution in [3.63, 3.8) is 0 Å². The molecule has 0 aromatic heterocycles. The van der Waals surface area contributed by atoms with Crippen molar-refractivity contribution in [2.45, 2.75) is 44.0 Å². The van der Waals surface area contributed by atoms with Crippen molar-refractivity contribution in [2.24, 2.45) is 0 Å². The second-order valence-corrected chi connectivity index (χ2v) is 10.4. The van der Waals surface area contributed by atoms with Crippen LogP contribution in [-0.4, -0.2) is 27.1 Å². The topological polar surface area (TPSA) is 75.3 Å². The minimum atomic E-state index is -3.38. The van der Waals surface area contributed by atoms with E-state index in [4.69, 9.17) is 11.6 Å². The maximum atomic E-state index is 12.3. The van der Waals surface area contributed by atoms with Crippen LogP contribution in [0.25, 0.3) is 0 Å². The zero-order chi connectivity index (χ0) is 21.1. The highest BCUT2D eigenvalue weighted by Gasteiger charge is 2.15. The van der Waals surface area contributed by atoms with Gasteiger partial charge in [-0.3, -0.25) is 4.79 Å². The molecule has 0 saturated carbocycles. The Labute approximate surface area is 172 Å². The summed E-state index contributed by atoms with van der Waals surface area (Å²) in [6.07, 6.45) is 1.11. The van der Waals surface area contributed by atoms with Crippen LogP contribution in [0.3, 0.4) is 0 Å². The Morgan fingerprint density at radius 1 is 1.11 bits per heavy atom. The van der Waals surface area contributed by atoms with Crippen molar-refractivity contribution in [1.29, 1.82) is 0 Å². The molecule has 0 aliphatic rings. The van der Waals surface area contributed by atoms with Gasteiger partial charge in [-0.15, -0.1) is 0 Å². The lowest BCUT2D eigenvalue weighted by Crippen LogP contribution is -2.30. The van der Waals surface area contributed by atoms with E-state index >= 15 is 0 Å². The summed E-state index contributed by atoms with van der Waals surface area (Å²) in [7, 11) is -3.38. The fourth-order valence-electron chi connectivity index (χ4n) is 2.66. The Kier molecular flexibility index (Phi) is 6.91. The predicted octanol–water partition coefficient (Wildman–Crippen LogP) is 4.33. The van der Waals surface area contributed by atoms with Gasteiger partial charge in [0.15, 0.2) is 9.84 Å². The second-order valence-electron chi connectivity index (χ2n) is 7.94. The molecule has 0 aliphatic carbocycles. The van der Waals surface area contributed by atoms with Crippen LogP contribution in [0.2, 0.25) is 5.02 Å². The highest BCUT2D eigenvalue weighted by Crippen LogP contribution is 2.26. The Bertz CT molecular complexity index is 949. The van der Waals surface area contributed by atoms with E-state index in [-0.39, 0.29) is 39.5 Å². The molecule has 152 valence electrons. The summed E-state index contributed by atoms with van der Waals surface area (Å²) < 4.78 is 23.3. The Morgan fingerprint density at radius 3 is 2.25 bits per heavy atom. The van der Waals surface area contributed by atoms with Gasteiger partial charge in [0.05, 0.1) is 22.2 Å². The normalized spacial score (nSPS) is 13.2. The number of carbonyl (C=O) groups is 1. The van der Waals surface area contributed by atoms with Gasteiger partial charge in [-0.2, -0.15) is 0 Å². The number of rotatable bonds is 6. The van der Waals surface area contributed by atoms with E-state index in [0.717, 1.165) is 11.8 Å². The van der Waals surface area contributed by atoms with Crippen LogP contribution in [-0.2, 0) is 20.0 Å². The first-order valence-electron chi connectivity index (χ1n) is 9.01. The fraction of sp³-hybridized carbons (Fsp3) is 0.381. The summed E-state index contributed by atoms with van der Waals surface area (Å²) in [5.41, 5.74) is 2.70. The van der Waals surface area contributed by atoms with Gasteiger partial charge in [0, 0.05) is 12.3 Å². The maximum absolute atomic E-state index is 12.3. The van der Waals surface area contributed by atoms with Gasteiger partial charge in [-0.1, -0.05) is 56.6 Å². The van der Waals surface area contributed by atoms with Crippen molar-refractivity contribution >= 4 is 33.0 Å². The van der Waals surface area contributed by atoms with Crippen LogP contribution >= 0.6 is 11.6 Å². The Morgan fingerprint density at radius 2 is 1.71 bits per heavy atom. The molecule has 0 aliphatic heterocycles. The number of halogens is 1. The molecule has 28 heavy (non-hydrogen) atoms. The monoisotopic (exact) mass is 422 g/mol. The molecular formula is C21H27ClN2O3S. The number of benzene rings is 2. The first-order chi connectivity index (χ1) is 12.9. The maximum Gasteiger partial charge on any atom is 0.238 e. The molecule has 0 radical (unpaired) electrons. The minimum Gasteiger partial charge on any atom is -0.324 e. The zero-order valence-corrected chi connectivity index (χ0v) is 18.4. The predicted molar refractivity (Wildman–Crippen MR) is 115 cm³/mol. The van der Waals surface area contributed by atoms with Crippen LogP contribution in [0.4, 0.5) is 5.69 Å². The lowest BCUT2D eigenvalue weighted by Gasteiger charge is -2.20. The molecule has 2 rings (SSSR count). The van der Waals surface area contributed by atoms with Crippen molar-refractivity contribution in [3.8, 4) is 0 Å². The van der Waals surface area contributed by atoms with Crippen molar-refractivity contribution in [3.05, 3.63) is 58.6 Å². The van der Waals surface area contributed by atoms with E-state index in [1.54, 1.807) is 0 Å². The number of sulfone groups is 1. The second kappa shape index (κ2) is 8.64. The lowest BCUT2D eigenvalue weighted by atomic mass is 9.86. The van der Waals surface area contributed by atoms with Gasteiger partial charge in [0.1, 0.15) is 0 Å². The standard InChI is InChI=1S/C21H27ClN2O3S/c1-14(15-6-8-16(9-7-15)21(2,3)4)23-13-20(25)24-19-12-17(28(5,26)27)10-11-18(19)22/h6-12,14,23H,13H2,1-5H3,(H,24,25)/t14-/m0/s1. The van der Waals surface area contributed by atoms with E-state index in [2.05, 4.69) is 55.7 Å². The highest BCUT2D eigenvalue weighted by atomic mass is 35.5. The summed E-state index contributed by atoms with van der Waals surface area (Å²) in [5, 5.41) is 6.11. The molecule has 0 saturated heterocycles. The number of carbonyl (C=O) groups excluding carboxylic acids is 1. The smallest absolute Gasteiger partial charge is 0.238 e. The molecule has 0 spiro atoms. The third-order valence-electron chi connectivity index (χ3n) is 4.49. The first-order valence-corrected chi connectivity index (χ1v) is 11.3. The molecule has 2 N–H and O–H groups in total. The van der Waals surface area contributed by atoms with Gasteiger partial charge < -0.3 is 10.6 Å². The summed E-state index contributed by atoms with van der Waals surface area (Å²) in [6, 6.07) is 12.5. The van der Waals surface area contributed by atoms with Gasteiger partial charge in [-0.05, 0) is 41.7 Å². The molecule has 0 heterocycles. The highest BCUT2D eigenvalue weighted by molar-refractivity contribution is 7.90. The molecule has 2 aromatic rings. The van der Waals surface area contributed by atoms with Crippen LogP contribution in [0, 0.1) is 0 Å². The summed E-state index contributed by atoms with van der Waals surface area (Å²) in [4.78, 5) is 12.4. The number of hydrogen-bond acceptors (Lipinski definition) is 4. The van der Waals surface area contributed by atoms with E-state index in [1.165, 1.54) is 23.8 Å². The van der Waals surface area contributed by atoms with Gasteiger partial charge in [0.2, 0.25) is 5.91 Å². The number of hydrogen-bond donors (Lipinski definition) is 2. The zero-order valence-electron chi connectivity index (χ0n) is 16.8. The SMILES string of the molecule is C[C@H](NCC(=O)Nc1cc(S(C)(=O)=O)ccc1Cl)c1ccc(C(C)(C)C)cc1. The lowest BCUT2D eigenvalue weighted by molar-refractivity contribution is -0.115. The van der Waals surface area contributed by atoms with Crippen LogP contribution in [0.1, 0.15) is 44.9 Å². The largest absolute Gasteiger partial charge is 0.324 e. The average Bonchev–Trinajstić information content (AvgIpc) is 2.60. The molecule has 0 fully saturated rings. The van der Waals surface area contributed by atoms with Crippen molar-refractivity contribution < 1.29 is 13.2 Å². The fourth-order valence-corrected chi connectivity index (χ4v) is 3.47. The molecule has 0 unspecified atom stereocenters. The third-order valence-corrected chi connectivity index (χ3v) is 5.93. The van der Waals surface area contributed by atoms with Crippen molar-refractivity contribution in [2.75, 3.05) is 18.1 Å². The van der Waals surface area contributed by atoms with Crippen LogP contribution < -0.4 is 10.6 Å².